The standard InChI is InChI=1S/C20H24N2O3S2/c1-4-25-19(23)17-16-12(2)6-5-7-15(16)27-18(17)22-20(26)21-13-8-10-14(24-3)11-9-13/h8-12H,4-7H2,1-3H3,(H2,21,22,26). The molecule has 1 atom stereocenters. The van der Waals surface area contributed by atoms with Gasteiger partial charge in [-0.2, -0.15) is 0 Å². The van der Waals surface area contributed by atoms with E-state index >= 15 is 0 Å². The predicted molar refractivity (Wildman–Crippen MR) is 114 cm³/mol. The van der Waals surface area contributed by atoms with Crippen LogP contribution >= 0.6 is 23.6 Å². The van der Waals surface area contributed by atoms with Crippen LogP contribution in [0.5, 0.6) is 5.75 Å². The Bertz CT molecular complexity index is 830. The number of methoxy groups -OCH3 is 1. The van der Waals surface area contributed by atoms with Crippen LogP contribution in [0.25, 0.3) is 0 Å². The number of thiocarbonyl (C=S) groups is 1. The van der Waals surface area contributed by atoms with E-state index in [1.54, 1.807) is 18.4 Å². The van der Waals surface area contributed by atoms with E-state index in [1.807, 2.05) is 31.2 Å². The van der Waals surface area contributed by atoms with E-state index in [-0.39, 0.29) is 5.97 Å². The molecule has 0 aliphatic heterocycles. The van der Waals surface area contributed by atoms with Crippen LogP contribution in [0.2, 0.25) is 0 Å². The smallest absolute Gasteiger partial charge is 0.341 e. The van der Waals surface area contributed by atoms with Crippen LogP contribution in [-0.4, -0.2) is 24.8 Å². The fourth-order valence-electron chi connectivity index (χ4n) is 3.34. The summed E-state index contributed by atoms with van der Waals surface area (Å²) in [6.45, 7) is 4.35. The molecule has 0 bridgehead atoms. The van der Waals surface area contributed by atoms with E-state index in [0.717, 1.165) is 41.3 Å². The summed E-state index contributed by atoms with van der Waals surface area (Å²) < 4.78 is 10.5. The van der Waals surface area contributed by atoms with Gasteiger partial charge in [-0.3, -0.25) is 0 Å². The van der Waals surface area contributed by atoms with Gasteiger partial charge in [0.15, 0.2) is 5.11 Å². The first-order valence-corrected chi connectivity index (χ1v) is 10.3. The molecule has 0 amide bonds. The van der Waals surface area contributed by atoms with Crippen molar-refractivity contribution in [2.75, 3.05) is 24.4 Å². The van der Waals surface area contributed by atoms with Gasteiger partial charge < -0.3 is 20.1 Å². The van der Waals surface area contributed by atoms with Gasteiger partial charge in [-0.05, 0) is 74.2 Å². The molecule has 1 aliphatic rings. The highest BCUT2D eigenvalue weighted by molar-refractivity contribution is 7.80. The van der Waals surface area contributed by atoms with E-state index in [1.165, 1.54) is 4.88 Å². The number of aryl methyl sites for hydroxylation is 1. The summed E-state index contributed by atoms with van der Waals surface area (Å²) in [5.41, 5.74) is 2.61. The lowest BCUT2D eigenvalue weighted by Crippen LogP contribution is -2.20. The summed E-state index contributed by atoms with van der Waals surface area (Å²) >= 11 is 7.07. The summed E-state index contributed by atoms with van der Waals surface area (Å²) in [5, 5.41) is 7.57. The van der Waals surface area contributed by atoms with Crippen molar-refractivity contribution in [2.24, 2.45) is 0 Å². The second-order valence-electron chi connectivity index (χ2n) is 6.46. The van der Waals surface area contributed by atoms with Crippen molar-refractivity contribution >= 4 is 45.3 Å². The third-order valence-corrected chi connectivity index (χ3v) is 6.00. The first-order valence-electron chi connectivity index (χ1n) is 9.08. The quantitative estimate of drug-likeness (QED) is 0.529. The molecule has 2 N–H and O–H groups in total. The van der Waals surface area contributed by atoms with Crippen molar-refractivity contribution in [1.82, 2.24) is 0 Å². The molecule has 1 aromatic heterocycles. The number of carbonyl (C=O) groups excluding carboxylic acids is 1. The highest BCUT2D eigenvalue weighted by Crippen LogP contribution is 2.43. The summed E-state index contributed by atoms with van der Waals surface area (Å²) in [6.07, 6.45) is 3.23. The Morgan fingerprint density at radius 2 is 2.04 bits per heavy atom. The average molecular weight is 405 g/mol. The van der Waals surface area contributed by atoms with Gasteiger partial charge in [-0.25, -0.2) is 4.79 Å². The number of anilines is 2. The molecule has 1 unspecified atom stereocenters. The van der Waals surface area contributed by atoms with Crippen LogP contribution in [0.1, 0.15) is 53.4 Å². The topological polar surface area (TPSA) is 59.6 Å². The molecule has 0 spiro atoms. The van der Waals surface area contributed by atoms with Gasteiger partial charge in [0.2, 0.25) is 0 Å². The van der Waals surface area contributed by atoms with Gasteiger partial charge in [0.1, 0.15) is 10.8 Å². The highest BCUT2D eigenvalue weighted by atomic mass is 32.1. The van der Waals surface area contributed by atoms with Crippen LogP contribution < -0.4 is 15.4 Å². The van der Waals surface area contributed by atoms with Crippen LogP contribution in [0.3, 0.4) is 0 Å². The van der Waals surface area contributed by atoms with E-state index in [0.29, 0.717) is 23.2 Å². The Labute approximate surface area is 169 Å². The molecule has 0 radical (unpaired) electrons. The van der Waals surface area contributed by atoms with Gasteiger partial charge in [-0.15, -0.1) is 11.3 Å². The van der Waals surface area contributed by atoms with Gasteiger partial charge in [-0.1, -0.05) is 6.92 Å². The second-order valence-corrected chi connectivity index (χ2v) is 7.98. The molecule has 7 heteroatoms. The zero-order valence-electron chi connectivity index (χ0n) is 15.8. The maximum absolute atomic E-state index is 12.6. The van der Waals surface area contributed by atoms with E-state index in [2.05, 4.69) is 17.6 Å². The van der Waals surface area contributed by atoms with E-state index in [4.69, 9.17) is 21.7 Å². The van der Waals surface area contributed by atoms with Crippen molar-refractivity contribution in [2.45, 2.75) is 39.0 Å². The number of carbonyl (C=O) groups is 1. The van der Waals surface area contributed by atoms with Crippen molar-refractivity contribution < 1.29 is 14.3 Å². The molecule has 144 valence electrons. The monoisotopic (exact) mass is 404 g/mol. The number of ether oxygens (including phenoxy) is 2. The Morgan fingerprint density at radius 3 is 2.70 bits per heavy atom. The molecule has 0 saturated heterocycles. The molecular weight excluding hydrogens is 380 g/mol. The number of hydrogen-bond donors (Lipinski definition) is 2. The minimum absolute atomic E-state index is 0.279. The lowest BCUT2D eigenvalue weighted by molar-refractivity contribution is 0.0526. The van der Waals surface area contributed by atoms with Gasteiger partial charge in [0.25, 0.3) is 0 Å². The fraction of sp³-hybridized carbons (Fsp3) is 0.400. The molecule has 27 heavy (non-hydrogen) atoms. The Balaban J connectivity index is 1.82. The second kappa shape index (κ2) is 8.71. The molecule has 3 rings (SSSR count). The average Bonchev–Trinajstić information content (AvgIpc) is 3.01. The normalized spacial score (nSPS) is 15.6. The maximum atomic E-state index is 12.6. The zero-order chi connectivity index (χ0) is 19.4. The number of benzene rings is 1. The number of hydrogen-bond acceptors (Lipinski definition) is 5. The predicted octanol–water partition coefficient (Wildman–Crippen LogP) is 5.18. The number of thiophene rings is 1. The van der Waals surface area contributed by atoms with Crippen molar-refractivity contribution in [3.05, 3.63) is 40.3 Å². The van der Waals surface area contributed by atoms with Crippen LogP contribution in [0.4, 0.5) is 10.7 Å². The summed E-state index contributed by atoms with van der Waals surface area (Å²) in [7, 11) is 1.63. The fourth-order valence-corrected chi connectivity index (χ4v) is 4.98. The molecule has 5 nitrogen and oxygen atoms in total. The van der Waals surface area contributed by atoms with E-state index < -0.39 is 0 Å². The minimum Gasteiger partial charge on any atom is -0.497 e. The first-order chi connectivity index (χ1) is 13.0. The summed E-state index contributed by atoms with van der Waals surface area (Å²) in [4.78, 5) is 13.9. The molecule has 1 heterocycles. The first kappa shape index (κ1) is 19.6. The van der Waals surface area contributed by atoms with Crippen LogP contribution in [0.15, 0.2) is 24.3 Å². The van der Waals surface area contributed by atoms with E-state index in [9.17, 15) is 4.79 Å². The Hall–Kier alpha value is -2.12. The lowest BCUT2D eigenvalue weighted by Gasteiger charge is -2.19. The Morgan fingerprint density at radius 1 is 1.30 bits per heavy atom. The molecule has 0 saturated carbocycles. The van der Waals surface area contributed by atoms with Crippen molar-refractivity contribution in [3.8, 4) is 5.75 Å². The van der Waals surface area contributed by atoms with Crippen molar-refractivity contribution in [3.63, 3.8) is 0 Å². The molecule has 2 aromatic rings. The zero-order valence-corrected chi connectivity index (χ0v) is 17.4. The molecule has 0 fully saturated rings. The van der Waals surface area contributed by atoms with Crippen LogP contribution in [-0.2, 0) is 11.2 Å². The summed E-state index contributed by atoms with van der Waals surface area (Å²) in [6, 6.07) is 7.50. The Kier molecular flexibility index (Phi) is 6.34. The number of nitrogens with one attached hydrogen (secondary N) is 2. The largest absolute Gasteiger partial charge is 0.497 e. The third kappa shape index (κ3) is 4.42. The number of esters is 1. The van der Waals surface area contributed by atoms with Gasteiger partial charge in [0.05, 0.1) is 19.3 Å². The molecule has 1 aromatic carbocycles. The number of fused-ring (bicyclic) bond motifs is 1. The lowest BCUT2D eigenvalue weighted by atomic mass is 9.86. The molecular formula is C20H24N2O3S2. The van der Waals surface area contributed by atoms with Crippen molar-refractivity contribution in [1.29, 1.82) is 0 Å². The molecule has 1 aliphatic carbocycles. The third-order valence-electron chi connectivity index (χ3n) is 4.61. The number of rotatable bonds is 5. The van der Waals surface area contributed by atoms with Gasteiger partial charge in [0, 0.05) is 10.6 Å². The van der Waals surface area contributed by atoms with Gasteiger partial charge >= 0.3 is 5.97 Å². The SMILES string of the molecule is CCOC(=O)c1c(NC(=S)Nc2ccc(OC)cc2)sc2c1C(C)CCC2. The highest BCUT2D eigenvalue weighted by Gasteiger charge is 2.30. The minimum atomic E-state index is -0.279. The summed E-state index contributed by atoms with van der Waals surface area (Å²) in [5.74, 6) is 0.852. The maximum Gasteiger partial charge on any atom is 0.341 e. The van der Waals surface area contributed by atoms with Crippen LogP contribution in [0, 0.1) is 0 Å².